The SMILES string of the molecule is CCn1cc(S(=O)(=O)NCCNc2cc(-n3nc(C)cc3C)nc(C)n2)nc1C. The first kappa shape index (κ1) is 20.9. The summed E-state index contributed by atoms with van der Waals surface area (Å²) in [7, 11) is -3.66. The molecule has 156 valence electrons. The van der Waals surface area contributed by atoms with Crippen LogP contribution in [-0.2, 0) is 16.6 Å². The van der Waals surface area contributed by atoms with E-state index >= 15 is 0 Å². The van der Waals surface area contributed by atoms with E-state index in [1.807, 2.05) is 26.8 Å². The monoisotopic (exact) mass is 418 g/mol. The number of rotatable bonds is 8. The molecule has 29 heavy (non-hydrogen) atoms. The second kappa shape index (κ2) is 8.29. The second-order valence-corrected chi connectivity index (χ2v) is 8.45. The van der Waals surface area contributed by atoms with E-state index in [0.717, 1.165) is 11.4 Å². The summed E-state index contributed by atoms with van der Waals surface area (Å²) in [5.74, 6) is 2.52. The van der Waals surface area contributed by atoms with E-state index in [0.29, 0.717) is 36.4 Å². The molecule has 3 aromatic heterocycles. The van der Waals surface area contributed by atoms with Gasteiger partial charge < -0.3 is 9.88 Å². The Morgan fingerprint density at radius 2 is 1.79 bits per heavy atom. The number of nitrogens with one attached hydrogen (secondary N) is 2. The van der Waals surface area contributed by atoms with E-state index in [1.165, 1.54) is 0 Å². The number of aromatic nitrogens is 6. The van der Waals surface area contributed by atoms with E-state index in [-0.39, 0.29) is 11.6 Å². The normalized spacial score (nSPS) is 11.8. The van der Waals surface area contributed by atoms with E-state index in [9.17, 15) is 8.42 Å². The van der Waals surface area contributed by atoms with E-state index in [2.05, 4.69) is 30.1 Å². The van der Waals surface area contributed by atoms with Crippen LogP contribution in [0.5, 0.6) is 0 Å². The van der Waals surface area contributed by atoms with E-state index < -0.39 is 10.0 Å². The predicted octanol–water partition coefficient (Wildman–Crippen LogP) is 1.50. The summed E-state index contributed by atoms with van der Waals surface area (Å²) < 4.78 is 30.9. The molecule has 0 aromatic carbocycles. The summed E-state index contributed by atoms with van der Waals surface area (Å²) in [5.41, 5.74) is 1.88. The maximum Gasteiger partial charge on any atom is 0.259 e. The predicted molar refractivity (Wildman–Crippen MR) is 110 cm³/mol. The zero-order valence-electron chi connectivity index (χ0n) is 17.3. The van der Waals surface area contributed by atoms with E-state index in [1.54, 1.807) is 35.4 Å². The van der Waals surface area contributed by atoms with Gasteiger partial charge in [-0.2, -0.15) is 5.10 Å². The minimum Gasteiger partial charge on any atom is -0.369 e. The van der Waals surface area contributed by atoms with Gasteiger partial charge >= 0.3 is 0 Å². The Morgan fingerprint density at radius 1 is 1.03 bits per heavy atom. The summed E-state index contributed by atoms with van der Waals surface area (Å²) in [6.45, 7) is 10.6. The summed E-state index contributed by atoms with van der Waals surface area (Å²) in [6.07, 6.45) is 1.54. The van der Waals surface area contributed by atoms with Gasteiger partial charge in [-0.05, 0) is 40.7 Å². The highest BCUT2D eigenvalue weighted by atomic mass is 32.2. The number of imidazole rings is 1. The lowest BCUT2D eigenvalue weighted by Crippen LogP contribution is -2.29. The topological polar surface area (TPSA) is 120 Å². The van der Waals surface area contributed by atoms with Crippen LogP contribution >= 0.6 is 0 Å². The highest BCUT2D eigenvalue weighted by Gasteiger charge is 2.18. The third-order valence-electron chi connectivity index (χ3n) is 4.34. The lowest BCUT2D eigenvalue weighted by molar-refractivity contribution is 0.579. The molecule has 0 aliphatic rings. The maximum absolute atomic E-state index is 12.4. The van der Waals surface area contributed by atoms with Gasteiger partial charge in [-0.3, -0.25) is 0 Å². The zero-order valence-corrected chi connectivity index (χ0v) is 18.1. The molecule has 3 rings (SSSR count). The van der Waals surface area contributed by atoms with Crippen LogP contribution < -0.4 is 10.0 Å². The fourth-order valence-electron chi connectivity index (χ4n) is 2.99. The van der Waals surface area contributed by atoms with Gasteiger partial charge in [0.25, 0.3) is 10.0 Å². The molecule has 0 aliphatic heterocycles. The molecule has 0 aliphatic carbocycles. The molecule has 0 saturated heterocycles. The molecule has 0 unspecified atom stereocenters. The molecule has 0 atom stereocenters. The second-order valence-electron chi connectivity index (χ2n) is 6.73. The van der Waals surface area contributed by atoms with Crippen LogP contribution in [0.1, 0.15) is 30.0 Å². The molecule has 0 bridgehead atoms. The van der Waals surface area contributed by atoms with Crippen LogP contribution in [0.2, 0.25) is 0 Å². The van der Waals surface area contributed by atoms with Crippen molar-refractivity contribution < 1.29 is 8.42 Å². The first-order chi connectivity index (χ1) is 13.7. The fourth-order valence-corrected chi connectivity index (χ4v) is 4.03. The molecule has 0 radical (unpaired) electrons. The van der Waals surface area contributed by atoms with Gasteiger partial charge in [0.2, 0.25) is 0 Å². The fraction of sp³-hybridized carbons (Fsp3) is 0.444. The first-order valence-electron chi connectivity index (χ1n) is 9.36. The Labute approximate surface area is 170 Å². The minimum absolute atomic E-state index is 0.0292. The average Bonchev–Trinajstić information content (AvgIpc) is 3.20. The molecular formula is C18H26N8O2S. The average molecular weight is 419 g/mol. The van der Waals surface area contributed by atoms with Crippen molar-refractivity contribution in [3.8, 4) is 5.82 Å². The first-order valence-corrected chi connectivity index (χ1v) is 10.8. The largest absolute Gasteiger partial charge is 0.369 e. The highest BCUT2D eigenvalue weighted by Crippen LogP contribution is 2.14. The van der Waals surface area contributed by atoms with Gasteiger partial charge in [0.1, 0.15) is 17.5 Å². The van der Waals surface area contributed by atoms with Crippen molar-refractivity contribution in [2.24, 2.45) is 0 Å². The minimum atomic E-state index is -3.66. The Hall–Kier alpha value is -2.79. The Morgan fingerprint density at radius 3 is 2.41 bits per heavy atom. The Balaban J connectivity index is 1.64. The van der Waals surface area contributed by atoms with Gasteiger partial charge in [0.15, 0.2) is 10.8 Å². The van der Waals surface area contributed by atoms with Crippen molar-refractivity contribution in [3.05, 3.63) is 41.4 Å². The molecule has 11 heteroatoms. The van der Waals surface area contributed by atoms with Crippen LogP contribution in [0.3, 0.4) is 0 Å². The molecule has 10 nitrogen and oxygen atoms in total. The Kier molecular flexibility index (Phi) is 5.99. The molecular weight excluding hydrogens is 392 g/mol. The number of sulfonamides is 1. The lowest BCUT2D eigenvalue weighted by atomic mass is 10.4. The molecule has 3 aromatic rings. The number of aryl methyl sites for hydroxylation is 5. The van der Waals surface area contributed by atoms with Gasteiger partial charge in [-0.25, -0.2) is 32.8 Å². The van der Waals surface area contributed by atoms with E-state index in [4.69, 9.17) is 0 Å². The van der Waals surface area contributed by atoms with Crippen LogP contribution in [-0.4, -0.2) is 50.8 Å². The molecule has 0 saturated carbocycles. The van der Waals surface area contributed by atoms with Crippen molar-refractivity contribution in [3.63, 3.8) is 0 Å². The summed E-state index contributed by atoms with van der Waals surface area (Å²) in [4.78, 5) is 12.9. The molecule has 3 heterocycles. The highest BCUT2D eigenvalue weighted by molar-refractivity contribution is 7.89. The van der Waals surface area contributed by atoms with Crippen molar-refractivity contribution in [1.82, 2.24) is 34.0 Å². The van der Waals surface area contributed by atoms with Crippen LogP contribution in [0.25, 0.3) is 5.82 Å². The maximum atomic E-state index is 12.4. The Bertz CT molecular complexity index is 1120. The van der Waals surface area contributed by atoms with Crippen molar-refractivity contribution in [2.45, 2.75) is 46.2 Å². The lowest BCUT2D eigenvalue weighted by Gasteiger charge is -2.10. The van der Waals surface area contributed by atoms with Crippen LogP contribution in [0.15, 0.2) is 23.4 Å². The summed E-state index contributed by atoms with van der Waals surface area (Å²) in [5, 5.41) is 7.60. The van der Waals surface area contributed by atoms with Crippen molar-refractivity contribution in [1.29, 1.82) is 0 Å². The number of hydrogen-bond donors (Lipinski definition) is 2. The van der Waals surface area contributed by atoms with Gasteiger partial charge in [-0.15, -0.1) is 0 Å². The molecule has 0 amide bonds. The third-order valence-corrected chi connectivity index (χ3v) is 5.68. The smallest absolute Gasteiger partial charge is 0.259 e. The molecule has 2 N–H and O–H groups in total. The van der Waals surface area contributed by atoms with Crippen LogP contribution in [0.4, 0.5) is 5.82 Å². The molecule has 0 fully saturated rings. The van der Waals surface area contributed by atoms with Crippen molar-refractivity contribution in [2.75, 3.05) is 18.4 Å². The van der Waals surface area contributed by atoms with Crippen molar-refractivity contribution >= 4 is 15.8 Å². The standard InChI is InChI=1S/C18H26N8O2S/c1-6-25-11-18(23-15(25)5)29(27,28)20-8-7-19-16-10-17(22-14(4)21-16)26-13(3)9-12(2)24-26/h9-11,20H,6-8H2,1-5H3,(H,19,21,22). The van der Waals surface area contributed by atoms with Crippen LogP contribution in [0, 0.1) is 27.7 Å². The summed E-state index contributed by atoms with van der Waals surface area (Å²) in [6, 6.07) is 3.76. The summed E-state index contributed by atoms with van der Waals surface area (Å²) >= 11 is 0. The number of anilines is 1. The zero-order chi connectivity index (χ0) is 21.2. The quantitative estimate of drug-likeness (QED) is 0.532. The van der Waals surface area contributed by atoms with Gasteiger partial charge in [0, 0.05) is 37.6 Å². The molecule has 0 spiro atoms. The van der Waals surface area contributed by atoms with Gasteiger partial charge in [0.05, 0.1) is 5.69 Å². The third kappa shape index (κ3) is 4.80. The van der Waals surface area contributed by atoms with Gasteiger partial charge in [-0.1, -0.05) is 0 Å². The number of nitrogens with zero attached hydrogens (tertiary/aromatic N) is 6. The number of hydrogen-bond acceptors (Lipinski definition) is 7.